The molecule has 90 valence electrons. The van der Waals surface area contributed by atoms with E-state index in [2.05, 4.69) is 33.1 Å². The highest BCUT2D eigenvalue weighted by Crippen LogP contribution is 2.06. The molecule has 4 heteroatoms. The molecule has 2 rings (SSSR count). The van der Waals surface area contributed by atoms with Crippen LogP contribution in [0.15, 0.2) is 59.7 Å². The van der Waals surface area contributed by atoms with Crippen molar-refractivity contribution in [1.29, 1.82) is 0 Å². The van der Waals surface area contributed by atoms with Crippen molar-refractivity contribution < 1.29 is 4.79 Å². The fourth-order valence-electron chi connectivity index (χ4n) is 1.37. The Balaban J connectivity index is 1.96. The fourth-order valence-corrected chi connectivity index (χ4v) is 1.73. The van der Waals surface area contributed by atoms with Crippen molar-refractivity contribution in [2.75, 3.05) is 0 Å². The van der Waals surface area contributed by atoms with E-state index in [1.807, 2.05) is 42.5 Å². The summed E-state index contributed by atoms with van der Waals surface area (Å²) in [6.45, 7) is 0. The third-order valence-electron chi connectivity index (χ3n) is 2.29. The third kappa shape index (κ3) is 3.66. The third-order valence-corrected chi connectivity index (χ3v) is 3.00. The molecule has 1 N–H and O–H groups in total. The van der Waals surface area contributed by atoms with Crippen LogP contribution in [0.1, 0.15) is 15.9 Å². The van der Waals surface area contributed by atoms with E-state index in [-0.39, 0.29) is 5.91 Å². The summed E-state index contributed by atoms with van der Waals surface area (Å²) < 4.78 is 1.09. The molecule has 0 aliphatic carbocycles. The lowest BCUT2D eigenvalue weighted by molar-refractivity contribution is 0.0955. The Morgan fingerprint density at radius 1 is 1.06 bits per heavy atom. The number of nitrogens with one attached hydrogen (secondary N) is 1. The van der Waals surface area contributed by atoms with E-state index < -0.39 is 0 Å². The van der Waals surface area contributed by atoms with Gasteiger partial charge in [-0.05, 0) is 52.4 Å². The molecule has 0 atom stereocenters. The summed E-state index contributed by atoms with van der Waals surface area (Å²) >= 11 is 2.20. The fraction of sp³-hybridized carbons (Fsp3) is 0. The molecule has 2 aromatic carbocycles. The van der Waals surface area contributed by atoms with Gasteiger partial charge < -0.3 is 0 Å². The van der Waals surface area contributed by atoms with Crippen molar-refractivity contribution in [2.24, 2.45) is 5.10 Å². The molecule has 0 aliphatic rings. The van der Waals surface area contributed by atoms with Gasteiger partial charge in [0.25, 0.3) is 5.91 Å². The van der Waals surface area contributed by atoms with Crippen LogP contribution >= 0.6 is 22.6 Å². The maximum Gasteiger partial charge on any atom is 0.271 e. The van der Waals surface area contributed by atoms with Crippen molar-refractivity contribution >= 4 is 34.7 Å². The number of halogens is 1. The van der Waals surface area contributed by atoms with E-state index >= 15 is 0 Å². The molecule has 18 heavy (non-hydrogen) atoms. The Morgan fingerprint density at radius 2 is 1.72 bits per heavy atom. The minimum Gasteiger partial charge on any atom is -0.267 e. The molecule has 0 fully saturated rings. The molecule has 0 spiro atoms. The number of carbonyl (C=O) groups excluding carboxylic acids is 1. The topological polar surface area (TPSA) is 41.5 Å². The van der Waals surface area contributed by atoms with Crippen LogP contribution in [-0.4, -0.2) is 12.1 Å². The lowest BCUT2D eigenvalue weighted by atomic mass is 10.2. The van der Waals surface area contributed by atoms with Gasteiger partial charge in [-0.1, -0.05) is 30.3 Å². The van der Waals surface area contributed by atoms with Crippen LogP contribution in [-0.2, 0) is 0 Å². The first kappa shape index (κ1) is 12.8. The van der Waals surface area contributed by atoms with E-state index in [1.165, 1.54) is 0 Å². The number of amides is 1. The summed E-state index contributed by atoms with van der Waals surface area (Å²) in [4.78, 5) is 11.7. The van der Waals surface area contributed by atoms with Crippen LogP contribution in [0.25, 0.3) is 0 Å². The van der Waals surface area contributed by atoms with Crippen molar-refractivity contribution in [2.45, 2.75) is 0 Å². The summed E-state index contributed by atoms with van der Waals surface area (Å²) in [5.74, 6) is -0.210. The van der Waals surface area contributed by atoms with Gasteiger partial charge in [-0.3, -0.25) is 4.79 Å². The van der Waals surface area contributed by atoms with Gasteiger partial charge >= 0.3 is 0 Å². The molecule has 3 nitrogen and oxygen atoms in total. The zero-order valence-electron chi connectivity index (χ0n) is 9.51. The first-order valence-electron chi connectivity index (χ1n) is 5.40. The molecule has 2 aromatic rings. The van der Waals surface area contributed by atoms with Crippen LogP contribution in [0, 0.1) is 3.57 Å². The van der Waals surface area contributed by atoms with Crippen LogP contribution in [0.4, 0.5) is 0 Å². The number of hydrazone groups is 1. The van der Waals surface area contributed by atoms with Crippen molar-refractivity contribution in [3.8, 4) is 0 Å². The summed E-state index contributed by atoms with van der Waals surface area (Å²) in [6, 6.07) is 16.9. The second kappa shape index (κ2) is 6.30. The summed E-state index contributed by atoms with van der Waals surface area (Å²) in [5.41, 5.74) is 4.04. The molecular formula is C14H11IN2O. The SMILES string of the molecule is O=C(N/N=C\c1ccccc1)c1ccc(I)cc1. The number of nitrogens with zero attached hydrogens (tertiary/aromatic N) is 1. The van der Waals surface area contributed by atoms with Crippen molar-refractivity contribution in [3.05, 3.63) is 69.3 Å². The summed E-state index contributed by atoms with van der Waals surface area (Å²) in [5, 5.41) is 3.91. The van der Waals surface area contributed by atoms with Crippen molar-refractivity contribution in [3.63, 3.8) is 0 Å². The highest BCUT2D eigenvalue weighted by molar-refractivity contribution is 14.1. The monoisotopic (exact) mass is 350 g/mol. The van der Waals surface area contributed by atoms with Gasteiger partial charge in [-0.15, -0.1) is 0 Å². The van der Waals surface area contributed by atoms with Gasteiger partial charge in [0.05, 0.1) is 6.21 Å². The Hall–Kier alpha value is -1.69. The molecule has 1 amide bonds. The van der Waals surface area contributed by atoms with E-state index in [1.54, 1.807) is 18.3 Å². The lowest BCUT2D eigenvalue weighted by Gasteiger charge is -1.99. The Kier molecular flexibility index (Phi) is 4.46. The number of carbonyl (C=O) groups is 1. The smallest absolute Gasteiger partial charge is 0.267 e. The first-order chi connectivity index (χ1) is 8.75. The Bertz CT molecular complexity index is 550. The largest absolute Gasteiger partial charge is 0.271 e. The van der Waals surface area contributed by atoms with Gasteiger partial charge in [-0.2, -0.15) is 5.10 Å². The molecule has 0 saturated carbocycles. The molecule has 0 aliphatic heterocycles. The molecule has 0 unspecified atom stereocenters. The molecular weight excluding hydrogens is 339 g/mol. The zero-order valence-corrected chi connectivity index (χ0v) is 11.7. The summed E-state index contributed by atoms with van der Waals surface area (Å²) in [6.07, 6.45) is 1.62. The average molecular weight is 350 g/mol. The minimum atomic E-state index is -0.210. The zero-order chi connectivity index (χ0) is 12.8. The van der Waals surface area contributed by atoms with Gasteiger partial charge in [0, 0.05) is 9.13 Å². The maximum atomic E-state index is 11.7. The standard InChI is InChI=1S/C14H11IN2O/c15-13-8-6-12(7-9-13)14(18)17-16-10-11-4-2-1-3-5-11/h1-10H,(H,17,18)/b16-10-. The lowest BCUT2D eigenvalue weighted by Crippen LogP contribution is -2.17. The van der Waals surface area contributed by atoms with Gasteiger partial charge in [0.2, 0.25) is 0 Å². The first-order valence-corrected chi connectivity index (χ1v) is 6.47. The highest BCUT2D eigenvalue weighted by Gasteiger charge is 2.02. The number of rotatable bonds is 3. The average Bonchev–Trinajstić information content (AvgIpc) is 2.40. The van der Waals surface area contributed by atoms with Crippen LogP contribution < -0.4 is 5.43 Å². The van der Waals surface area contributed by atoms with Gasteiger partial charge in [0.1, 0.15) is 0 Å². The Morgan fingerprint density at radius 3 is 2.39 bits per heavy atom. The summed E-state index contributed by atoms with van der Waals surface area (Å²) in [7, 11) is 0. The van der Waals surface area contributed by atoms with Crippen molar-refractivity contribution in [1.82, 2.24) is 5.43 Å². The van der Waals surface area contributed by atoms with Crippen LogP contribution in [0.3, 0.4) is 0 Å². The quantitative estimate of drug-likeness (QED) is 0.516. The predicted octanol–water partition coefficient (Wildman–Crippen LogP) is 3.06. The second-order valence-electron chi connectivity index (χ2n) is 3.62. The van der Waals surface area contributed by atoms with E-state index in [9.17, 15) is 4.79 Å². The predicted molar refractivity (Wildman–Crippen MR) is 80.7 cm³/mol. The highest BCUT2D eigenvalue weighted by atomic mass is 127. The normalized spacial score (nSPS) is 10.5. The Labute approximate surface area is 119 Å². The molecule has 0 aromatic heterocycles. The molecule has 0 saturated heterocycles. The second-order valence-corrected chi connectivity index (χ2v) is 4.86. The maximum absolute atomic E-state index is 11.7. The minimum absolute atomic E-state index is 0.210. The van der Waals surface area contributed by atoms with E-state index in [0.717, 1.165) is 9.13 Å². The van der Waals surface area contributed by atoms with Crippen LogP contribution in [0.5, 0.6) is 0 Å². The van der Waals surface area contributed by atoms with Gasteiger partial charge in [0.15, 0.2) is 0 Å². The van der Waals surface area contributed by atoms with Crippen LogP contribution in [0.2, 0.25) is 0 Å². The van der Waals surface area contributed by atoms with E-state index in [4.69, 9.17) is 0 Å². The molecule has 0 heterocycles. The molecule has 0 radical (unpaired) electrons. The number of benzene rings is 2. The number of hydrogen-bond acceptors (Lipinski definition) is 2. The molecule has 0 bridgehead atoms. The number of hydrogen-bond donors (Lipinski definition) is 1. The van der Waals surface area contributed by atoms with Gasteiger partial charge in [-0.25, -0.2) is 5.43 Å². The van der Waals surface area contributed by atoms with E-state index in [0.29, 0.717) is 5.56 Å².